The SMILES string of the molecule is CSC1CCCCC1Nc1ccc(N)cc1C(F)(F)F. The summed E-state index contributed by atoms with van der Waals surface area (Å²) in [4.78, 5) is 0. The highest BCUT2D eigenvalue weighted by atomic mass is 32.2. The summed E-state index contributed by atoms with van der Waals surface area (Å²) in [6, 6.07) is 4.03. The number of halogens is 3. The predicted molar refractivity (Wildman–Crippen MR) is 79.0 cm³/mol. The first-order chi connectivity index (χ1) is 9.41. The molecule has 1 fully saturated rings. The van der Waals surface area contributed by atoms with E-state index in [1.54, 1.807) is 11.8 Å². The molecule has 0 aliphatic heterocycles. The van der Waals surface area contributed by atoms with Gasteiger partial charge in [0.1, 0.15) is 0 Å². The summed E-state index contributed by atoms with van der Waals surface area (Å²) >= 11 is 1.72. The second kappa shape index (κ2) is 6.16. The van der Waals surface area contributed by atoms with Crippen LogP contribution < -0.4 is 11.1 Å². The van der Waals surface area contributed by atoms with Gasteiger partial charge in [-0.05, 0) is 37.3 Å². The Balaban J connectivity index is 2.24. The minimum Gasteiger partial charge on any atom is -0.399 e. The van der Waals surface area contributed by atoms with Gasteiger partial charge in [-0.15, -0.1) is 0 Å². The van der Waals surface area contributed by atoms with Crippen LogP contribution in [-0.4, -0.2) is 17.5 Å². The van der Waals surface area contributed by atoms with Crippen LogP contribution in [0.1, 0.15) is 31.2 Å². The Hall–Kier alpha value is -1.04. The standard InChI is InChI=1S/C14H19F3N2S/c1-20-13-5-3-2-4-12(13)19-11-7-6-9(18)8-10(11)14(15,16)17/h6-8,12-13,19H,2-5,18H2,1H3. The van der Waals surface area contributed by atoms with E-state index < -0.39 is 11.7 Å². The van der Waals surface area contributed by atoms with Crippen molar-refractivity contribution < 1.29 is 13.2 Å². The second-order valence-electron chi connectivity index (χ2n) is 5.11. The van der Waals surface area contributed by atoms with Crippen molar-refractivity contribution >= 4 is 23.1 Å². The van der Waals surface area contributed by atoms with Crippen molar-refractivity contribution in [2.75, 3.05) is 17.3 Å². The van der Waals surface area contributed by atoms with Crippen molar-refractivity contribution in [2.45, 2.75) is 43.2 Å². The Labute approximate surface area is 121 Å². The van der Waals surface area contributed by atoms with Crippen LogP contribution in [-0.2, 0) is 6.18 Å². The molecule has 2 nitrogen and oxygen atoms in total. The molecule has 0 aromatic heterocycles. The number of anilines is 2. The van der Waals surface area contributed by atoms with Gasteiger partial charge >= 0.3 is 6.18 Å². The molecule has 2 unspecified atom stereocenters. The Morgan fingerprint density at radius 3 is 2.60 bits per heavy atom. The van der Waals surface area contributed by atoms with Crippen LogP contribution in [0.4, 0.5) is 24.5 Å². The number of nitrogen functional groups attached to an aromatic ring is 1. The lowest BCUT2D eigenvalue weighted by Gasteiger charge is -2.32. The first-order valence-electron chi connectivity index (χ1n) is 6.68. The molecule has 1 aromatic rings. The van der Waals surface area contributed by atoms with E-state index in [0.717, 1.165) is 31.7 Å². The molecule has 1 aromatic carbocycles. The van der Waals surface area contributed by atoms with Gasteiger partial charge in [0.25, 0.3) is 0 Å². The van der Waals surface area contributed by atoms with Crippen molar-refractivity contribution in [2.24, 2.45) is 0 Å². The second-order valence-corrected chi connectivity index (χ2v) is 6.19. The Kier molecular flexibility index (Phi) is 4.73. The minimum absolute atomic E-state index is 0.0866. The molecular formula is C14H19F3N2S. The molecule has 2 atom stereocenters. The van der Waals surface area contributed by atoms with Crippen LogP contribution in [0.2, 0.25) is 0 Å². The van der Waals surface area contributed by atoms with Crippen LogP contribution in [0, 0.1) is 0 Å². The average molecular weight is 304 g/mol. The highest BCUT2D eigenvalue weighted by Crippen LogP contribution is 2.38. The summed E-state index contributed by atoms with van der Waals surface area (Å²) in [6.45, 7) is 0. The number of hydrogen-bond acceptors (Lipinski definition) is 3. The summed E-state index contributed by atoms with van der Waals surface area (Å²) in [5, 5.41) is 3.45. The van der Waals surface area contributed by atoms with E-state index in [4.69, 9.17) is 5.73 Å². The molecule has 0 amide bonds. The summed E-state index contributed by atoms with van der Waals surface area (Å²) < 4.78 is 39.2. The number of nitrogens with one attached hydrogen (secondary N) is 1. The lowest BCUT2D eigenvalue weighted by molar-refractivity contribution is -0.136. The summed E-state index contributed by atoms with van der Waals surface area (Å²) in [5.74, 6) is 0. The van der Waals surface area contributed by atoms with Crippen molar-refractivity contribution in [3.05, 3.63) is 23.8 Å². The van der Waals surface area contributed by atoms with Gasteiger partial charge in [-0.3, -0.25) is 0 Å². The van der Waals surface area contributed by atoms with E-state index in [1.807, 2.05) is 6.26 Å². The van der Waals surface area contributed by atoms with E-state index in [9.17, 15) is 13.2 Å². The van der Waals surface area contributed by atoms with Gasteiger partial charge in [-0.25, -0.2) is 0 Å². The van der Waals surface area contributed by atoms with E-state index in [1.165, 1.54) is 12.1 Å². The lowest BCUT2D eigenvalue weighted by atomic mass is 9.94. The van der Waals surface area contributed by atoms with Crippen molar-refractivity contribution in [1.82, 2.24) is 0 Å². The van der Waals surface area contributed by atoms with Crippen molar-refractivity contribution in [3.8, 4) is 0 Å². The molecule has 3 N–H and O–H groups in total. The number of rotatable bonds is 3. The molecule has 6 heteroatoms. The van der Waals surface area contributed by atoms with E-state index in [0.29, 0.717) is 5.25 Å². The average Bonchev–Trinajstić information content (AvgIpc) is 2.40. The zero-order chi connectivity index (χ0) is 14.8. The van der Waals surface area contributed by atoms with Gasteiger partial charge in [0, 0.05) is 22.7 Å². The fourth-order valence-electron chi connectivity index (χ4n) is 2.67. The molecule has 0 heterocycles. The normalized spacial score (nSPS) is 23.6. The molecule has 2 rings (SSSR count). The maximum absolute atomic E-state index is 13.1. The van der Waals surface area contributed by atoms with Gasteiger partial charge in [0.2, 0.25) is 0 Å². The number of alkyl halides is 3. The maximum Gasteiger partial charge on any atom is 0.418 e. The molecule has 1 saturated carbocycles. The zero-order valence-corrected chi connectivity index (χ0v) is 12.2. The first kappa shape index (κ1) is 15.4. The molecular weight excluding hydrogens is 285 g/mol. The Bertz CT molecular complexity index is 462. The monoisotopic (exact) mass is 304 g/mol. The van der Waals surface area contributed by atoms with Crippen molar-refractivity contribution in [3.63, 3.8) is 0 Å². The van der Waals surface area contributed by atoms with Crippen LogP contribution in [0.5, 0.6) is 0 Å². The summed E-state index contributed by atoms with van der Waals surface area (Å²) in [7, 11) is 0. The molecule has 0 saturated heterocycles. The zero-order valence-electron chi connectivity index (χ0n) is 11.3. The minimum atomic E-state index is -4.39. The molecule has 20 heavy (non-hydrogen) atoms. The number of thioether (sulfide) groups is 1. The molecule has 1 aliphatic rings. The largest absolute Gasteiger partial charge is 0.418 e. The number of nitrogens with two attached hydrogens (primary N) is 1. The molecule has 0 radical (unpaired) electrons. The quantitative estimate of drug-likeness (QED) is 0.814. The third kappa shape index (κ3) is 3.53. The predicted octanol–water partition coefficient (Wildman–Crippen LogP) is 4.37. The fourth-order valence-corrected chi connectivity index (χ4v) is 3.60. The molecule has 0 spiro atoms. The van der Waals surface area contributed by atoms with Crippen LogP contribution in [0.25, 0.3) is 0 Å². The highest BCUT2D eigenvalue weighted by molar-refractivity contribution is 7.99. The summed E-state index contributed by atoms with van der Waals surface area (Å²) in [6.07, 6.45) is 1.80. The van der Waals surface area contributed by atoms with Gasteiger partial charge in [0.15, 0.2) is 0 Å². The van der Waals surface area contributed by atoms with E-state index >= 15 is 0 Å². The molecule has 0 bridgehead atoms. The van der Waals surface area contributed by atoms with Gasteiger partial charge in [-0.2, -0.15) is 24.9 Å². The van der Waals surface area contributed by atoms with Crippen LogP contribution >= 0.6 is 11.8 Å². The van der Waals surface area contributed by atoms with Crippen LogP contribution in [0.3, 0.4) is 0 Å². The third-order valence-corrected chi connectivity index (χ3v) is 4.86. The van der Waals surface area contributed by atoms with Crippen molar-refractivity contribution in [1.29, 1.82) is 0 Å². The van der Waals surface area contributed by atoms with Crippen LogP contribution in [0.15, 0.2) is 18.2 Å². The third-order valence-electron chi connectivity index (χ3n) is 3.70. The lowest BCUT2D eigenvalue weighted by Crippen LogP contribution is -2.35. The van der Waals surface area contributed by atoms with E-state index in [-0.39, 0.29) is 17.4 Å². The Morgan fingerprint density at radius 1 is 1.25 bits per heavy atom. The topological polar surface area (TPSA) is 38.0 Å². The van der Waals surface area contributed by atoms with Gasteiger partial charge in [-0.1, -0.05) is 12.8 Å². The number of benzene rings is 1. The smallest absolute Gasteiger partial charge is 0.399 e. The highest BCUT2D eigenvalue weighted by Gasteiger charge is 2.35. The maximum atomic E-state index is 13.1. The molecule has 112 valence electrons. The fraction of sp³-hybridized carbons (Fsp3) is 0.571. The molecule has 1 aliphatic carbocycles. The van der Waals surface area contributed by atoms with Gasteiger partial charge in [0.05, 0.1) is 5.56 Å². The summed E-state index contributed by atoms with van der Waals surface area (Å²) in [5.41, 5.74) is 5.07. The van der Waals surface area contributed by atoms with E-state index in [2.05, 4.69) is 5.32 Å². The Morgan fingerprint density at radius 2 is 1.95 bits per heavy atom. The number of hydrogen-bond donors (Lipinski definition) is 2. The first-order valence-corrected chi connectivity index (χ1v) is 7.96. The van der Waals surface area contributed by atoms with Gasteiger partial charge < -0.3 is 11.1 Å².